The number of rotatable bonds is 1. The zero-order chi connectivity index (χ0) is 13.8. The lowest BCUT2D eigenvalue weighted by Crippen LogP contribution is -2.37. The number of fused-ring (bicyclic) bond motifs is 2. The van der Waals surface area contributed by atoms with E-state index in [1.807, 2.05) is 6.92 Å². The summed E-state index contributed by atoms with van der Waals surface area (Å²) in [5.74, 6) is -0.0272. The Balaban J connectivity index is 1.75. The lowest BCUT2D eigenvalue weighted by atomic mass is 9.69. The van der Waals surface area contributed by atoms with E-state index in [4.69, 9.17) is 4.74 Å². The minimum atomic E-state index is -0.697. The Morgan fingerprint density at radius 1 is 1.37 bits per heavy atom. The van der Waals surface area contributed by atoms with Gasteiger partial charge in [-0.1, -0.05) is 13.5 Å². The van der Waals surface area contributed by atoms with Crippen molar-refractivity contribution in [1.82, 2.24) is 0 Å². The van der Waals surface area contributed by atoms with Crippen molar-refractivity contribution in [2.45, 2.75) is 50.9 Å². The number of carboxylic acid groups (broad SMARTS) is 1. The largest absolute Gasteiger partial charge is 0.481 e. The van der Waals surface area contributed by atoms with Crippen LogP contribution in [0.25, 0.3) is 0 Å². The fraction of sp³-hybridized carbons (Fsp3) is 0.800. The second kappa shape index (κ2) is 2.91. The van der Waals surface area contributed by atoms with Crippen molar-refractivity contribution in [3.8, 4) is 0 Å². The SMILES string of the molecule is C=C1C(O)[C@H]2O[C@]23C[C@H]2C[C@](C)(C(=O)O)C[C@H]2[C@]13C. The second-order valence-electron chi connectivity index (χ2n) is 7.45. The topological polar surface area (TPSA) is 70.1 Å². The molecule has 104 valence electrons. The first kappa shape index (κ1) is 11.9. The number of aliphatic hydroxyl groups is 1. The van der Waals surface area contributed by atoms with Crippen LogP contribution in [-0.4, -0.2) is 34.0 Å². The van der Waals surface area contributed by atoms with Gasteiger partial charge >= 0.3 is 5.97 Å². The van der Waals surface area contributed by atoms with Crippen LogP contribution >= 0.6 is 0 Å². The van der Waals surface area contributed by atoms with Gasteiger partial charge in [0.1, 0.15) is 17.8 Å². The van der Waals surface area contributed by atoms with E-state index in [1.54, 1.807) is 0 Å². The summed E-state index contributed by atoms with van der Waals surface area (Å²) in [6.07, 6.45) is 1.63. The van der Waals surface area contributed by atoms with Gasteiger partial charge in [-0.05, 0) is 43.6 Å². The summed E-state index contributed by atoms with van der Waals surface area (Å²) < 4.78 is 5.86. The third kappa shape index (κ3) is 1.02. The molecule has 2 N–H and O–H groups in total. The van der Waals surface area contributed by atoms with Gasteiger partial charge in [0.15, 0.2) is 0 Å². The number of aliphatic hydroxyl groups excluding tert-OH is 1. The number of carboxylic acids is 1. The number of epoxide rings is 1. The highest BCUT2D eigenvalue weighted by atomic mass is 16.6. The predicted octanol–water partition coefficient (Wildman–Crippen LogP) is 1.58. The molecule has 0 aromatic carbocycles. The van der Waals surface area contributed by atoms with Gasteiger partial charge in [-0.3, -0.25) is 4.79 Å². The van der Waals surface area contributed by atoms with Crippen LogP contribution in [0.1, 0.15) is 33.1 Å². The Bertz CT molecular complexity index is 514. The minimum absolute atomic E-state index is 0.0910. The maximum Gasteiger partial charge on any atom is 0.309 e. The molecule has 0 amide bonds. The quantitative estimate of drug-likeness (QED) is 0.557. The third-order valence-corrected chi connectivity index (χ3v) is 6.71. The normalized spacial score (nSPS) is 61.7. The number of carbonyl (C=O) groups is 1. The Hall–Kier alpha value is -0.870. The molecule has 3 aliphatic carbocycles. The van der Waals surface area contributed by atoms with Crippen molar-refractivity contribution in [3.05, 3.63) is 12.2 Å². The monoisotopic (exact) mass is 264 g/mol. The summed E-state index contributed by atoms with van der Waals surface area (Å²) in [4.78, 5) is 11.5. The zero-order valence-electron chi connectivity index (χ0n) is 11.3. The Labute approximate surface area is 112 Å². The Morgan fingerprint density at radius 3 is 2.68 bits per heavy atom. The molecule has 1 spiro atoms. The van der Waals surface area contributed by atoms with Crippen molar-refractivity contribution in [3.63, 3.8) is 0 Å². The summed E-state index contributed by atoms with van der Waals surface area (Å²) in [6, 6.07) is 0. The van der Waals surface area contributed by atoms with Crippen LogP contribution in [0.4, 0.5) is 0 Å². The van der Waals surface area contributed by atoms with E-state index in [0.717, 1.165) is 18.4 Å². The summed E-state index contributed by atoms with van der Waals surface area (Å²) in [5, 5.41) is 19.6. The van der Waals surface area contributed by atoms with E-state index in [-0.39, 0.29) is 23.0 Å². The summed E-state index contributed by atoms with van der Waals surface area (Å²) >= 11 is 0. The van der Waals surface area contributed by atoms with Crippen molar-refractivity contribution < 1.29 is 19.7 Å². The zero-order valence-corrected chi connectivity index (χ0v) is 11.3. The highest BCUT2D eigenvalue weighted by molar-refractivity contribution is 5.75. The first-order chi connectivity index (χ1) is 8.76. The Morgan fingerprint density at radius 2 is 2.05 bits per heavy atom. The van der Waals surface area contributed by atoms with Gasteiger partial charge in [0.25, 0.3) is 0 Å². The molecular weight excluding hydrogens is 244 g/mol. The van der Waals surface area contributed by atoms with Crippen LogP contribution in [0, 0.1) is 22.7 Å². The molecular formula is C15H20O4. The summed E-state index contributed by atoms with van der Waals surface area (Å²) in [6.45, 7) is 8.08. The van der Waals surface area contributed by atoms with Gasteiger partial charge < -0.3 is 14.9 Å². The van der Waals surface area contributed by atoms with Crippen LogP contribution in [0.5, 0.6) is 0 Å². The van der Waals surface area contributed by atoms with E-state index in [0.29, 0.717) is 12.3 Å². The smallest absolute Gasteiger partial charge is 0.309 e. The van der Waals surface area contributed by atoms with Crippen molar-refractivity contribution in [1.29, 1.82) is 0 Å². The van der Waals surface area contributed by atoms with Gasteiger partial charge in [0.2, 0.25) is 0 Å². The van der Waals surface area contributed by atoms with Crippen molar-refractivity contribution in [2.75, 3.05) is 0 Å². The molecule has 4 fully saturated rings. The summed E-state index contributed by atoms with van der Waals surface area (Å²) in [5.41, 5.74) is -0.239. The van der Waals surface area contributed by atoms with E-state index in [1.165, 1.54) is 0 Å². The molecule has 1 heterocycles. The lowest BCUT2D eigenvalue weighted by Gasteiger charge is -2.35. The molecule has 4 nitrogen and oxygen atoms in total. The molecule has 1 unspecified atom stereocenters. The molecule has 0 aromatic heterocycles. The summed E-state index contributed by atoms with van der Waals surface area (Å²) in [7, 11) is 0. The van der Waals surface area contributed by atoms with Gasteiger partial charge in [0, 0.05) is 5.41 Å². The highest BCUT2D eigenvalue weighted by Gasteiger charge is 2.83. The molecule has 0 bridgehead atoms. The van der Waals surface area contributed by atoms with Gasteiger partial charge in [-0.2, -0.15) is 0 Å². The van der Waals surface area contributed by atoms with Crippen molar-refractivity contribution >= 4 is 5.97 Å². The molecule has 7 atom stereocenters. The van der Waals surface area contributed by atoms with Gasteiger partial charge in [0.05, 0.1) is 5.41 Å². The van der Waals surface area contributed by atoms with E-state index in [9.17, 15) is 15.0 Å². The molecule has 4 aliphatic rings. The average molecular weight is 264 g/mol. The number of ether oxygens (including phenoxy) is 1. The van der Waals surface area contributed by atoms with E-state index < -0.39 is 17.5 Å². The van der Waals surface area contributed by atoms with Crippen LogP contribution < -0.4 is 0 Å². The minimum Gasteiger partial charge on any atom is -0.481 e. The Kier molecular flexibility index (Phi) is 1.83. The molecule has 1 aliphatic heterocycles. The molecule has 1 saturated heterocycles. The average Bonchev–Trinajstić information content (AvgIpc) is 2.85. The van der Waals surface area contributed by atoms with Crippen LogP contribution in [-0.2, 0) is 9.53 Å². The molecule has 3 saturated carbocycles. The standard InChI is InChI=1S/C15H20O4/c1-7-10(16)11-15(19-11)5-8-4-13(2,12(17)18)6-9(8)14(7,15)3/h8-11,16H,1,4-6H2,2-3H3,(H,17,18)/t8-,9-,10?,11-,13+,14+,15-/m1/s1. The first-order valence-electron chi connectivity index (χ1n) is 7.05. The van der Waals surface area contributed by atoms with Crippen molar-refractivity contribution in [2.24, 2.45) is 22.7 Å². The molecule has 0 aromatic rings. The van der Waals surface area contributed by atoms with E-state index >= 15 is 0 Å². The second-order valence-corrected chi connectivity index (χ2v) is 7.45. The third-order valence-electron chi connectivity index (χ3n) is 6.71. The molecule has 4 heteroatoms. The number of hydrogen-bond acceptors (Lipinski definition) is 3. The molecule has 0 radical (unpaired) electrons. The van der Waals surface area contributed by atoms with Gasteiger partial charge in [-0.25, -0.2) is 0 Å². The fourth-order valence-electron chi connectivity index (χ4n) is 5.53. The van der Waals surface area contributed by atoms with Crippen LogP contribution in [0.15, 0.2) is 12.2 Å². The lowest BCUT2D eigenvalue weighted by molar-refractivity contribution is -0.148. The maximum atomic E-state index is 11.5. The van der Waals surface area contributed by atoms with E-state index in [2.05, 4.69) is 13.5 Å². The van der Waals surface area contributed by atoms with Crippen LogP contribution in [0.3, 0.4) is 0 Å². The highest BCUT2D eigenvalue weighted by Crippen LogP contribution is 2.77. The number of aliphatic carboxylic acids is 1. The predicted molar refractivity (Wildman–Crippen MR) is 67.4 cm³/mol. The first-order valence-corrected chi connectivity index (χ1v) is 7.05. The number of hydrogen-bond donors (Lipinski definition) is 2. The fourth-order valence-corrected chi connectivity index (χ4v) is 5.53. The van der Waals surface area contributed by atoms with Crippen LogP contribution in [0.2, 0.25) is 0 Å². The molecule has 4 rings (SSSR count). The molecule has 19 heavy (non-hydrogen) atoms. The maximum absolute atomic E-state index is 11.5. The van der Waals surface area contributed by atoms with Gasteiger partial charge in [-0.15, -0.1) is 0 Å².